The first-order valence-corrected chi connectivity index (χ1v) is 13.2. The standard InChI is InChI=1S/C29H16F2N2O.C6H5NO2.Ir/c30-20-12-14-22-25(17-20)34-26-18-21(31)13-15-23(26)29(22,27-10-4-5-16-32-27)28-11-6-9-24(33-28)19-7-2-1-3-8-19;8-6(9)5-3-1-2-4-7-5;/h1-7,9-14,16-18H;1-4H,(H,8,9);/q-2;;/t29-;;/m0../s1. The number of pyridine rings is 3. The van der Waals surface area contributed by atoms with Gasteiger partial charge in [-0.25, -0.2) is 14.2 Å². The summed E-state index contributed by atoms with van der Waals surface area (Å²) in [5.74, 6) is -1.44. The molecular weight excluding hydrogens is 741 g/mol. The summed E-state index contributed by atoms with van der Waals surface area (Å²) in [7, 11) is 0. The van der Waals surface area contributed by atoms with Crippen LogP contribution < -0.4 is 4.74 Å². The van der Waals surface area contributed by atoms with Gasteiger partial charge < -0.3 is 9.84 Å². The van der Waals surface area contributed by atoms with E-state index in [0.29, 0.717) is 28.2 Å². The van der Waals surface area contributed by atoms with E-state index in [1.54, 1.807) is 24.4 Å². The number of aromatic nitrogens is 3. The molecule has 7 rings (SSSR count). The first-order valence-electron chi connectivity index (χ1n) is 13.2. The Morgan fingerprint density at radius 2 is 1.52 bits per heavy atom. The predicted molar refractivity (Wildman–Crippen MR) is 155 cm³/mol. The second kappa shape index (κ2) is 13.0. The Labute approximate surface area is 265 Å². The average Bonchev–Trinajstić information content (AvgIpc) is 3.05. The van der Waals surface area contributed by atoms with Crippen LogP contribution in [-0.2, 0) is 25.5 Å². The third-order valence-corrected chi connectivity index (χ3v) is 6.86. The second-order valence-corrected chi connectivity index (χ2v) is 9.47. The van der Waals surface area contributed by atoms with Gasteiger partial charge in [0.2, 0.25) is 0 Å². The molecule has 1 aliphatic rings. The van der Waals surface area contributed by atoms with E-state index in [1.807, 2.05) is 60.7 Å². The van der Waals surface area contributed by atoms with E-state index in [4.69, 9.17) is 14.8 Å². The molecule has 1 atom stereocenters. The van der Waals surface area contributed by atoms with Gasteiger partial charge in [-0.05, 0) is 42.1 Å². The quantitative estimate of drug-likeness (QED) is 0.190. The van der Waals surface area contributed by atoms with Crippen molar-refractivity contribution in [3.05, 3.63) is 174 Å². The molecule has 1 radical (unpaired) electrons. The summed E-state index contributed by atoms with van der Waals surface area (Å²) < 4.78 is 34.5. The molecule has 219 valence electrons. The van der Waals surface area contributed by atoms with Gasteiger partial charge in [0.1, 0.15) is 17.3 Å². The summed E-state index contributed by atoms with van der Waals surface area (Å²) in [6.45, 7) is 0. The molecule has 1 N–H and O–H groups in total. The minimum atomic E-state index is -1.11. The van der Waals surface area contributed by atoms with E-state index in [0.717, 1.165) is 5.56 Å². The molecule has 4 heterocycles. The number of carbonyl (C=O) groups is 1. The zero-order valence-electron chi connectivity index (χ0n) is 22.7. The Kier molecular flexibility index (Phi) is 8.99. The maximum atomic E-state index is 14.3. The summed E-state index contributed by atoms with van der Waals surface area (Å²) in [5, 5.41) is 8.32. The molecule has 6 nitrogen and oxygen atoms in total. The zero-order chi connectivity index (χ0) is 29.8. The van der Waals surface area contributed by atoms with E-state index < -0.39 is 23.0 Å². The summed E-state index contributed by atoms with van der Waals surface area (Å²) >= 11 is 0. The minimum absolute atomic E-state index is 0. The molecule has 3 aromatic heterocycles. The smallest absolute Gasteiger partial charge is 0.354 e. The van der Waals surface area contributed by atoms with Crippen molar-refractivity contribution in [3.63, 3.8) is 0 Å². The van der Waals surface area contributed by atoms with Gasteiger partial charge in [0.15, 0.2) is 0 Å². The van der Waals surface area contributed by atoms with Gasteiger partial charge >= 0.3 is 5.97 Å². The van der Waals surface area contributed by atoms with Crippen LogP contribution in [-0.4, -0.2) is 26.0 Å². The Hall–Kier alpha value is -5.11. The largest absolute Gasteiger partial charge is 0.516 e. The number of fused-ring (bicyclic) bond motifs is 2. The van der Waals surface area contributed by atoms with Gasteiger partial charge in [0.05, 0.1) is 11.1 Å². The van der Waals surface area contributed by atoms with Crippen molar-refractivity contribution >= 4 is 5.97 Å². The van der Waals surface area contributed by atoms with Crippen molar-refractivity contribution in [2.75, 3.05) is 0 Å². The van der Waals surface area contributed by atoms with Crippen LogP contribution in [0.1, 0.15) is 33.0 Å². The first-order chi connectivity index (χ1) is 21.0. The first kappa shape index (κ1) is 30.4. The average molecular weight is 762 g/mol. The molecular formula is C35H21F2IrN3O3-2. The molecule has 0 bridgehead atoms. The fraction of sp³-hybridized carbons (Fsp3) is 0.0286. The van der Waals surface area contributed by atoms with E-state index in [1.165, 1.54) is 36.5 Å². The molecule has 9 heteroatoms. The fourth-order valence-electron chi connectivity index (χ4n) is 5.05. The van der Waals surface area contributed by atoms with Crippen molar-refractivity contribution in [2.45, 2.75) is 5.41 Å². The van der Waals surface area contributed by atoms with Crippen molar-refractivity contribution in [3.8, 4) is 22.8 Å². The summed E-state index contributed by atoms with van der Waals surface area (Å²) in [4.78, 5) is 23.4. The molecule has 0 unspecified atom stereocenters. The van der Waals surface area contributed by atoms with E-state index in [-0.39, 0.29) is 37.3 Å². The van der Waals surface area contributed by atoms with Crippen molar-refractivity contribution in [1.29, 1.82) is 0 Å². The number of nitrogens with zero attached hydrogens (tertiary/aromatic N) is 3. The van der Waals surface area contributed by atoms with Crippen LogP contribution in [0.4, 0.5) is 8.78 Å². The fourth-order valence-corrected chi connectivity index (χ4v) is 5.05. The summed E-state index contributed by atoms with van der Waals surface area (Å²) in [6, 6.07) is 36.8. The number of hydrogen-bond acceptors (Lipinski definition) is 5. The van der Waals surface area contributed by atoms with E-state index >= 15 is 0 Å². The van der Waals surface area contributed by atoms with Crippen LogP contribution in [0.5, 0.6) is 11.5 Å². The number of benzene rings is 3. The zero-order valence-corrected chi connectivity index (χ0v) is 25.1. The number of aromatic carboxylic acids is 1. The molecule has 0 saturated carbocycles. The molecule has 0 amide bonds. The maximum Gasteiger partial charge on any atom is 0.354 e. The number of halogens is 2. The van der Waals surface area contributed by atoms with Crippen LogP contribution in [0, 0.1) is 23.8 Å². The Bertz CT molecular complexity index is 1860. The molecule has 3 aromatic carbocycles. The van der Waals surface area contributed by atoms with E-state index in [2.05, 4.69) is 22.1 Å². The molecule has 44 heavy (non-hydrogen) atoms. The Morgan fingerprint density at radius 3 is 2.20 bits per heavy atom. The van der Waals surface area contributed by atoms with E-state index in [9.17, 15) is 13.6 Å². The molecule has 1 aliphatic heterocycles. The number of rotatable bonds is 4. The molecule has 0 spiro atoms. The van der Waals surface area contributed by atoms with Crippen LogP contribution in [0.15, 0.2) is 122 Å². The second-order valence-electron chi connectivity index (χ2n) is 9.47. The third kappa shape index (κ3) is 5.75. The molecule has 0 fully saturated rings. The van der Waals surface area contributed by atoms with Gasteiger partial charge in [-0.2, -0.15) is 6.07 Å². The van der Waals surface area contributed by atoms with Gasteiger partial charge in [-0.3, -0.25) is 14.4 Å². The van der Waals surface area contributed by atoms with Crippen LogP contribution >= 0.6 is 0 Å². The van der Waals surface area contributed by atoms with Crippen LogP contribution in [0.25, 0.3) is 11.3 Å². The molecule has 0 saturated heterocycles. The third-order valence-electron chi connectivity index (χ3n) is 6.86. The van der Waals surface area contributed by atoms with Crippen LogP contribution in [0.2, 0.25) is 0 Å². The maximum absolute atomic E-state index is 14.3. The Morgan fingerprint density at radius 1 is 0.773 bits per heavy atom. The molecule has 0 aliphatic carbocycles. The number of carboxylic acid groups (broad SMARTS) is 1. The number of ether oxygens (including phenoxy) is 1. The van der Waals surface area contributed by atoms with Crippen molar-refractivity contribution in [1.82, 2.24) is 15.0 Å². The van der Waals surface area contributed by atoms with Crippen molar-refractivity contribution in [2.24, 2.45) is 0 Å². The summed E-state index contributed by atoms with van der Waals surface area (Å²) in [5.41, 5.74) is 2.97. The normalized spacial score (nSPS) is 14.4. The summed E-state index contributed by atoms with van der Waals surface area (Å²) in [6.07, 6.45) is 3.14. The predicted octanol–water partition coefficient (Wildman–Crippen LogP) is 7.29. The topological polar surface area (TPSA) is 85.2 Å². The van der Waals surface area contributed by atoms with Gasteiger partial charge in [-0.15, -0.1) is 42.0 Å². The minimum Gasteiger partial charge on any atom is -0.516 e. The molecule has 6 aromatic rings. The van der Waals surface area contributed by atoms with Gasteiger partial charge in [0, 0.05) is 61.4 Å². The van der Waals surface area contributed by atoms with Gasteiger partial charge in [-0.1, -0.05) is 42.0 Å². The van der Waals surface area contributed by atoms with Gasteiger partial charge in [0.25, 0.3) is 0 Å². The monoisotopic (exact) mass is 762 g/mol. The number of carboxylic acids is 1. The SMILES string of the molecule is Fc1c[c-]c2c(c1)Oc1cc(F)ccc1[C@]2(c1ccccn1)c1cccc(-c2[c-]cccc2)n1.O=C(O)c1ccccn1.[Ir]. The van der Waals surface area contributed by atoms with Crippen molar-refractivity contribution < 1.29 is 43.5 Å². The van der Waals surface area contributed by atoms with Crippen LogP contribution in [0.3, 0.4) is 0 Å². The Balaban J connectivity index is 0.000000333. The number of hydrogen-bond donors (Lipinski definition) is 1.